The summed E-state index contributed by atoms with van der Waals surface area (Å²) in [6, 6.07) is 15.1. The van der Waals surface area contributed by atoms with Gasteiger partial charge in [-0.15, -0.1) is 10.2 Å². The van der Waals surface area contributed by atoms with Gasteiger partial charge in [0.2, 0.25) is 0 Å². The van der Waals surface area contributed by atoms with Crippen LogP contribution in [0.25, 0.3) is 22.4 Å². The summed E-state index contributed by atoms with van der Waals surface area (Å²) in [5.74, 6) is 1.29. The number of hydrogen-bond acceptors (Lipinski definition) is 5. The Bertz CT molecular complexity index is 1220. The number of fused-ring (bicyclic) bond motifs is 1. The van der Waals surface area contributed by atoms with Crippen LogP contribution in [0.2, 0.25) is 5.02 Å². The van der Waals surface area contributed by atoms with Crippen LogP contribution in [0.5, 0.6) is 0 Å². The number of rotatable bonds is 5. The fourth-order valence-electron chi connectivity index (χ4n) is 3.07. The second-order valence-electron chi connectivity index (χ2n) is 6.41. The lowest BCUT2D eigenvalue weighted by atomic mass is 10.1. The van der Waals surface area contributed by atoms with Gasteiger partial charge < -0.3 is 8.98 Å². The Kier molecular flexibility index (Phi) is 5.24. The van der Waals surface area contributed by atoms with Gasteiger partial charge in [0.05, 0.1) is 5.02 Å². The van der Waals surface area contributed by atoms with E-state index in [1.165, 1.54) is 11.8 Å². The van der Waals surface area contributed by atoms with E-state index >= 15 is 0 Å². The standard InChI is InChI=1S/C21H18ClN3O2S/c1-3-13-8-9-15-14(11-19(26)27-18(15)10-13)12-28-21-24-23-20(25(21)2)16-6-4-5-7-17(16)22/h4-11H,3,12H2,1-2H3. The Labute approximate surface area is 171 Å². The highest BCUT2D eigenvalue weighted by Crippen LogP contribution is 2.30. The van der Waals surface area contributed by atoms with E-state index in [1.807, 2.05) is 48.0 Å². The Morgan fingerprint density at radius 2 is 1.96 bits per heavy atom. The highest BCUT2D eigenvalue weighted by Gasteiger charge is 2.15. The number of aryl methyl sites for hydroxylation is 1. The number of aromatic nitrogens is 3. The predicted molar refractivity (Wildman–Crippen MR) is 113 cm³/mol. The SMILES string of the molecule is CCc1ccc2c(CSc3nnc(-c4ccccc4Cl)n3C)cc(=O)oc2c1. The third kappa shape index (κ3) is 3.57. The first-order valence-electron chi connectivity index (χ1n) is 8.89. The molecule has 0 unspecified atom stereocenters. The quantitative estimate of drug-likeness (QED) is 0.338. The van der Waals surface area contributed by atoms with Crippen LogP contribution >= 0.6 is 23.4 Å². The largest absolute Gasteiger partial charge is 0.423 e. The second-order valence-corrected chi connectivity index (χ2v) is 7.76. The first kappa shape index (κ1) is 18.8. The molecule has 2 heterocycles. The molecule has 0 amide bonds. The lowest BCUT2D eigenvalue weighted by Gasteiger charge is -2.07. The molecule has 4 aromatic rings. The first-order chi connectivity index (χ1) is 13.6. The van der Waals surface area contributed by atoms with Gasteiger partial charge in [0, 0.05) is 29.8 Å². The minimum atomic E-state index is -0.342. The van der Waals surface area contributed by atoms with Gasteiger partial charge in [-0.1, -0.05) is 54.6 Å². The normalized spacial score (nSPS) is 11.2. The summed E-state index contributed by atoms with van der Waals surface area (Å²) < 4.78 is 7.29. The number of thioether (sulfide) groups is 1. The van der Waals surface area contributed by atoms with Crippen molar-refractivity contribution in [2.75, 3.05) is 0 Å². The zero-order valence-corrected chi connectivity index (χ0v) is 17.0. The molecule has 0 saturated carbocycles. The molecule has 0 spiro atoms. The molecule has 0 aliphatic carbocycles. The highest BCUT2D eigenvalue weighted by atomic mass is 35.5. The molecule has 2 aromatic carbocycles. The van der Waals surface area contributed by atoms with Crippen molar-refractivity contribution in [2.24, 2.45) is 7.05 Å². The molecule has 0 aliphatic heterocycles. The van der Waals surface area contributed by atoms with Crippen LogP contribution in [0.4, 0.5) is 0 Å². The summed E-state index contributed by atoms with van der Waals surface area (Å²) >= 11 is 7.81. The topological polar surface area (TPSA) is 60.9 Å². The molecule has 142 valence electrons. The molecule has 0 aliphatic rings. The van der Waals surface area contributed by atoms with E-state index in [1.54, 1.807) is 6.07 Å². The molecule has 0 radical (unpaired) electrons. The lowest BCUT2D eigenvalue weighted by molar-refractivity contribution is 0.559. The Morgan fingerprint density at radius 1 is 1.14 bits per heavy atom. The van der Waals surface area contributed by atoms with Crippen molar-refractivity contribution in [3.8, 4) is 11.4 Å². The van der Waals surface area contributed by atoms with E-state index in [4.69, 9.17) is 16.0 Å². The maximum absolute atomic E-state index is 12.0. The summed E-state index contributed by atoms with van der Waals surface area (Å²) in [6.07, 6.45) is 0.891. The van der Waals surface area contributed by atoms with E-state index < -0.39 is 0 Å². The van der Waals surface area contributed by atoms with Crippen molar-refractivity contribution in [2.45, 2.75) is 24.3 Å². The fourth-order valence-corrected chi connectivity index (χ4v) is 4.20. The number of benzene rings is 2. The van der Waals surface area contributed by atoms with Crippen molar-refractivity contribution in [1.82, 2.24) is 14.8 Å². The first-order valence-corrected chi connectivity index (χ1v) is 10.3. The molecule has 0 N–H and O–H groups in total. The van der Waals surface area contributed by atoms with Crippen LogP contribution in [0.1, 0.15) is 18.1 Å². The van der Waals surface area contributed by atoms with E-state index in [0.29, 0.717) is 22.2 Å². The zero-order valence-electron chi connectivity index (χ0n) is 15.5. The van der Waals surface area contributed by atoms with Crippen LogP contribution in [-0.2, 0) is 19.2 Å². The minimum Gasteiger partial charge on any atom is -0.423 e. The van der Waals surface area contributed by atoms with E-state index in [0.717, 1.165) is 33.7 Å². The predicted octanol–water partition coefficient (Wildman–Crippen LogP) is 5.10. The van der Waals surface area contributed by atoms with Crippen molar-refractivity contribution in [3.63, 3.8) is 0 Å². The Morgan fingerprint density at radius 3 is 2.75 bits per heavy atom. The van der Waals surface area contributed by atoms with Crippen molar-refractivity contribution >= 4 is 34.3 Å². The molecule has 0 bridgehead atoms. The number of nitrogens with zero attached hydrogens (tertiary/aromatic N) is 3. The summed E-state index contributed by atoms with van der Waals surface area (Å²) in [6.45, 7) is 2.07. The third-order valence-corrected chi connectivity index (χ3v) is 6.01. The van der Waals surface area contributed by atoms with Crippen molar-refractivity contribution in [3.05, 3.63) is 75.1 Å². The molecule has 28 heavy (non-hydrogen) atoms. The molecule has 0 atom stereocenters. The summed E-state index contributed by atoms with van der Waals surface area (Å²) in [5.41, 5.74) is 3.17. The molecular weight excluding hydrogens is 394 g/mol. The van der Waals surface area contributed by atoms with Crippen LogP contribution in [-0.4, -0.2) is 14.8 Å². The van der Waals surface area contributed by atoms with Crippen LogP contribution in [0.3, 0.4) is 0 Å². The summed E-state index contributed by atoms with van der Waals surface area (Å²) in [7, 11) is 1.91. The maximum Gasteiger partial charge on any atom is 0.336 e. The molecule has 0 fully saturated rings. The smallest absolute Gasteiger partial charge is 0.336 e. The van der Waals surface area contributed by atoms with E-state index in [2.05, 4.69) is 23.2 Å². The molecule has 5 nitrogen and oxygen atoms in total. The van der Waals surface area contributed by atoms with Gasteiger partial charge in [0.1, 0.15) is 5.58 Å². The van der Waals surface area contributed by atoms with Gasteiger partial charge in [-0.05, 0) is 35.7 Å². The van der Waals surface area contributed by atoms with Crippen LogP contribution in [0.15, 0.2) is 62.9 Å². The van der Waals surface area contributed by atoms with Gasteiger partial charge in [0.25, 0.3) is 0 Å². The van der Waals surface area contributed by atoms with Gasteiger partial charge in [-0.2, -0.15) is 0 Å². The number of halogens is 1. The molecule has 0 saturated heterocycles. The van der Waals surface area contributed by atoms with Gasteiger partial charge in [-0.3, -0.25) is 0 Å². The van der Waals surface area contributed by atoms with Crippen LogP contribution < -0.4 is 5.63 Å². The maximum atomic E-state index is 12.0. The van der Waals surface area contributed by atoms with E-state index in [-0.39, 0.29) is 5.63 Å². The summed E-state index contributed by atoms with van der Waals surface area (Å²) in [5, 5.41) is 10.9. The Hall–Kier alpha value is -2.57. The fraction of sp³-hybridized carbons (Fsp3) is 0.190. The van der Waals surface area contributed by atoms with Gasteiger partial charge in [0.15, 0.2) is 11.0 Å². The average molecular weight is 412 g/mol. The zero-order chi connectivity index (χ0) is 19.7. The second kappa shape index (κ2) is 7.81. The summed E-state index contributed by atoms with van der Waals surface area (Å²) in [4.78, 5) is 12.0. The van der Waals surface area contributed by atoms with Crippen molar-refractivity contribution < 1.29 is 4.42 Å². The van der Waals surface area contributed by atoms with Gasteiger partial charge in [-0.25, -0.2) is 4.79 Å². The monoisotopic (exact) mass is 411 g/mol. The molecular formula is C21H18ClN3O2S. The van der Waals surface area contributed by atoms with Gasteiger partial charge >= 0.3 is 5.63 Å². The lowest BCUT2D eigenvalue weighted by Crippen LogP contribution is -2.01. The number of hydrogen-bond donors (Lipinski definition) is 0. The molecule has 4 rings (SSSR count). The molecule has 7 heteroatoms. The molecule has 2 aromatic heterocycles. The average Bonchev–Trinajstić information content (AvgIpc) is 3.06. The Balaban J connectivity index is 1.64. The van der Waals surface area contributed by atoms with Crippen molar-refractivity contribution in [1.29, 1.82) is 0 Å². The highest BCUT2D eigenvalue weighted by molar-refractivity contribution is 7.98. The van der Waals surface area contributed by atoms with Crippen LogP contribution in [0, 0.1) is 0 Å². The van der Waals surface area contributed by atoms with E-state index in [9.17, 15) is 4.79 Å². The minimum absolute atomic E-state index is 0.342. The third-order valence-electron chi connectivity index (χ3n) is 4.61.